The van der Waals surface area contributed by atoms with Crippen LogP contribution in [0.3, 0.4) is 0 Å². The maximum absolute atomic E-state index is 11.9. The second-order valence-electron chi connectivity index (χ2n) is 4.47. The van der Waals surface area contributed by atoms with E-state index in [0.29, 0.717) is 19.5 Å². The molecule has 1 aromatic carbocycles. The molecular formula is C14H22N2O3S. The van der Waals surface area contributed by atoms with Crippen LogP contribution in [-0.2, 0) is 14.8 Å². The van der Waals surface area contributed by atoms with Crippen LogP contribution in [0.25, 0.3) is 0 Å². The number of sulfonamides is 1. The van der Waals surface area contributed by atoms with Gasteiger partial charge in [0.15, 0.2) is 0 Å². The van der Waals surface area contributed by atoms with E-state index in [9.17, 15) is 13.2 Å². The third-order valence-electron chi connectivity index (χ3n) is 2.80. The molecule has 1 aromatic rings. The van der Waals surface area contributed by atoms with Crippen LogP contribution in [0.1, 0.15) is 32.6 Å². The Hall–Kier alpha value is -1.40. The molecule has 0 bridgehead atoms. The van der Waals surface area contributed by atoms with Gasteiger partial charge in [-0.15, -0.1) is 0 Å². The summed E-state index contributed by atoms with van der Waals surface area (Å²) in [6, 6.07) is 8.30. The van der Waals surface area contributed by atoms with E-state index in [2.05, 4.69) is 10.0 Å². The molecule has 112 valence electrons. The SMILES string of the molecule is CCNC(=O)CCCCCNS(=O)(=O)c1ccccc1. The summed E-state index contributed by atoms with van der Waals surface area (Å²) in [5, 5.41) is 2.73. The average Bonchev–Trinajstić information content (AvgIpc) is 2.44. The molecular weight excluding hydrogens is 276 g/mol. The van der Waals surface area contributed by atoms with Gasteiger partial charge in [0.05, 0.1) is 4.90 Å². The zero-order valence-electron chi connectivity index (χ0n) is 11.8. The number of unbranched alkanes of at least 4 members (excludes halogenated alkanes) is 2. The number of benzene rings is 1. The topological polar surface area (TPSA) is 75.3 Å². The molecule has 20 heavy (non-hydrogen) atoms. The van der Waals surface area contributed by atoms with Crippen molar-refractivity contribution in [3.05, 3.63) is 30.3 Å². The van der Waals surface area contributed by atoms with Crippen molar-refractivity contribution in [3.63, 3.8) is 0 Å². The van der Waals surface area contributed by atoms with Crippen LogP contribution >= 0.6 is 0 Å². The molecule has 0 saturated heterocycles. The number of hydrogen-bond donors (Lipinski definition) is 2. The second kappa shape index (κ2) is 8.71. The number of carbonyl (C=O) groups is 1. The van der Waals surface area contributed by atoms with Gasteiger partial charge in [-0.05, 0) is 31.9 Å². The third kappa shape index (κ3) is 6.16. The van der Waals surface area contributed by atoms with Gasteiger partial charge >= 0.3 is 0 Å². The largest absolute Gasteiger partial charge is 0.356 e. The Morgan fingerprint density at radius 2 is 1.80 bits per heavy atom. The van der Waals surface area contributed by atoms with E-state index >= 15 is 0 Å². The minimum Gasteiger partial charge on any atom is -0.356 e. The van der Waals surface area contributed by atoms with Gasteiger partial charge in [-0.1, -0.05) is 24.6 Å². The Morgan fingerprint density at radius 3 is 2.45 bits per heavy atom. The summed E-state index contributed by atoms with van der Waals surface area (Å²) < 4.78 is 26.3. The van der Waals surface area contributed by atoms with Crippen LogP contribution in [-0.4, -0.2) is 27.4 Å². The van der Waals surface area contributed by atoms with Crippen LogP contribution in [0.5, 0.6) is 0 Å². The molecule has 0 aliphatic rings. The molecule has 0 aliphatic carbocycles. The average molecular weight is 298 g/mol. The van der Waals surface area contributed by atoms with Crippen molar-refractivity contribution in [2.24, 2.45) is 0 Å². The molecule has 0 fully saturated rings. The summed E-state index contributed by atoms with van der Waals surface area (Å²) in [4.78, 5) is 11.5. The van der Waals surface area contributed by atoms with Crippen molar-refractivity contribution < 1.29 is 13.2 Å². The minimum atomic E-state index is -3.40. The highest BCUT2D eigenvalue weighted by Gasteiger charge is 2.11. The molecule has 0 atom stereocenters. The van der Waals surface area contributed by atoms with E-state index < -0.39 is 10.0 Å². The summed E-state index contributed by atoms with van der Waals surface area (Å²) in [7, 11) is -3.40. The first-order valence-electron chi connectivity index (χ1n) is 6.87. The van der Waals surface area contributed by atoms with Crippen LogP contribution in [0, 0.1) is 0 Å². The predicted octanol–water partition coefficient (Wildman–Crippen LogP) is 1.66. The molecule has 0 unspecified atom stereocenters. The van der Waals surface area contributed by atoms with E-state index in [1.54, 1.807) is 30.3 Å². The molecule has 0 spiro atoms. The molecule has 0 saturated carbocycles. The Bertz CT molecular complexity index is 500. The quantitative estimate of drug-likeness (QED) is 0.681. The van der Waals surface area contributed by atoms with Gasteiger partial charge in [-0.25, -0.2) is 13.1 Å². The molecule has 0 aromatic heterocycles. The van der Waals surface area contributed by atoms with E-state index in [1.807, 2.05) is 6.92 Å². The maximum Gasteiger partial charge on any atom is 0.240 e. The van der Waals surface area contributed by atoms with Gasteiger partial charge in [-0.2, -0.15) is 0 Å². The molecule has 1 rings (SSSR count). The van der Waals surface area contributed by atoms with Crippen LogP contribution < -0.4 is 10.0 Å². The van der Waals surface area contributed by atoms with Crippen molar-refractivity contribution >= 4 is 15.9 Å². The van der Waals surface area contributed by atoms with Gasteiger partial charge in [0, 0.05) is 19.5 Å². The second-order valence-corrected chi connectivity index (χ2v) is 6.24. The van der Waals surface area contributed by atoms with E-state index in [-0.39, 0.29) is 10.8 Å². The predicted molar refractivity (Wildman–Crippen MR) is 78.8 cm³/mol. The molecule has 0 heterocycles. The molecule has 0 radical (unpaired) electrons. The van der Waals surface area contributed by atoms with E-state index in [4.69, 9.17) is 0 Å². The number of nitrogens with one attached hydrogen (secondary N) is 2. The number of carbonyl (C=O) groups excluding carboxylic acids is 1. The van der Waals surface area contributed by atoms with Gasteiger partial charge in [0.25, 0.3) is 0 Å². The standard InChI is InChI=1S/C14H22N2O3S/c1-2-15-14(17)11-7-4-8-12-16-20(18,19)13-9-5-3-6-10-13/h3,5-6,9-10,16H,2,4,7-8,11-12H2,1H3,(H,15,17). The normalized spacial score (nSPS) is 11.2. The van der Waals surface area contributed by atoms with Crippen molar-refractivity contribution in [2.75, 3.05) is 13.1 Å². The highest BCUT2D eigenvalue weighted by atomic mass is 32.2. The van der Waals surface area contributed by atoms with Crippen LogP contribution in [0.4, 0.5) is 0 Å². The van der Waals surface area contributed by atoms with Gasteiger partial charge in [-0.3, -0.25) is 4.79 Å². The Labute approximate surface area is 120 Å². The lowest BCUT2D eigenvalue weighted by molar-refractivity contribution is -0.121. The molecule has 0 aliphatic heterocycles. The summed E-state index contributed by atoms with van der Waals surface area (Å²) >= 11 is 0. The number of amides is 1. The fourth-order valence-electron chi connectivity index (χ4n) is 1.76. The lowest BCUT2D eigenvalue weighted by atomic mass is 10.2. The number of rotatable bonds is 9. The fraction of sp³-hybridized carbons (Fsp3) is 0.500. The van der Waals surface area contributed by atoms with Crippen molar-refractivity contribution in [3.8, 4) is 0 Å². The Morgan fingerprint density at radius 1 is 1.10 bits per heavy atom. The minimum absolute atomic E-state index is 0.0531. The molecule has 6 heteroatoms. The van der Waals surface area contributed by atoms with Crippen molar-refractivity contribution in [1.82, 2.24) is 10.0 Å². The van der Waals surface area contributed by atoms with Crippen LogP contribution in [0.15, 0.2) is 35.2 Å². The zero-order valence-corrected chi connectivity index (χ0v) is 12.6. The zero-order chi connectivity index (χ0) is 14.8. The molecule has 5 nitrogen and oxygen atoms in total. The smallest absolute Gasteiger partial charge is 0.240 e. The van der Waals surface area contributed by atoms with Crippen molar-refractivity contribution in [1.29, 1.82) is 0 Å². The monoisotopic (exact) mass is 298 g/mol. The van der Waals surface area contributed by atoms with Gasteiger partial charge in [0.1, 0.15) is 0 Å². The van der Waals surface area contributed by atoms with E-state index in [0.717, 1.165) is 19.3 Å². The van der Waals surface area contributed by atoms with Gasteiger partial charge in [0.2, 0.25) is 15.9 Å². The van der Waals surface area contributed by atoms with Crippen molar-refractivity contribution in [2.45, 2.75) is 37.5 Å². The number of hydrogen-bond acceptors (Lipinski definition) is 3. The molecule has 2 N–H and O–H groups in total. The van der Waals surface area contributed by atoms with E-state index in [1.165, 1.54) is 0 Å². The highest BCUT2D eigenvalue weighted by molar-refractivity contribution is 7.89. The summed E-state index contributed by atoms with van der Waals surface area (Å²) in [6.45, 7) is 2.93. The lowest BCUT2D eigenvalue weighted by Gasteiger charge is -2.06. The van der Waals surface area contributed by atoms with Crippen LogP contribution in [0.2, 0.25) is 0 Å². The highest BCUT2D eigenvalue weighted by Crippen LogP contribution is 2.07. The summed E-state index contributed by atoms with van der Waals surface area (Å²) in [5.41, 5.74) is 0. The Balaban J connectivity index is 2.20. The third-order valence-corrected chi connectivity index (χ3v) is 4.28. The van der Waals surface area contributed by atoms with Gasteiger partial charge < -0.3 is 5.32 Å². The Kier molecular flexibility index (Phi) is 7.25. The summed E-state index contributed by atoms with van der Waals surface area (Å²) in [6.07, 6.45) is 2.83. The first-order chi connectivity index (χ1) is 9.56. The first kappa shape index (κ1) is 16.7. The fourth-order valence-corrected chi connectivity index (χ4v) is 2.86. The lowest BCUT2D eigenvalue weighted by Crippen LogP contribution is -2.25. The first-order valence-corrected chi connectivity index (χ1v) is 8.36. The molecule has 1 amide bonds. The maximum atomic E-state index is 11.9. The summed E-state index contributed by atoms with van der Waals surface area (Å²) in [5.74, 6) is 0.0531.